The third-order valence-corrected chi connectivity index (χ3v) is 7.97. The molecule has 4 rings (SSSR count). The van der Waals surface area contributed by atoms with E-state index < -0.39 is 0 Å². The molecule has 3 atom stereocenters. The molecule has 0 N–H and O–H groups in total. The highest BCUT2D eigenvalue weighted by molar-refractivity contribution is 5.82. The Hall–Kier alpha value is -2.34. The Morgan fingerprint density at radius 1 is 1.15 bits per heavy atom. The van der Waals surface area contributed by atoms with Crippen LogP contribution in [0.25, 0.3) is 0 Å². The van der Waals surface area contributed by atoms with E-state index in [1.165, 1.54) is 16.8 Å². The van der Waals surface area contributed by atoms with Crippen molar-refractivity contribution in [2.24, 2.45) is 17.8 Å². The van der Waals surface area contributed by atoms with Crippen molar-refractivity contribution >= 4 is 17.5 Å². The first kappa shape index (κ1) is 24.8. The molecule has 0 aliphatic carbocycles. The lowest BCUT2D eigenvalue weighted by atomic mass is 9.82. The van der Waals surface area contributed by atoms with Crippen molar-refractivity contribution in [2.75, 3.05) is 51.3 Å². The first-order chi connectivity index (χ1) is 16.3. The van der Waals surface area contributed by atoms with Crippen molar-refractivity contribution in [3.05, 3.63) is 41.5 Å². The normalized spacial score (nSPS) is 23.5. The number of ether oxygens (including phenoxy) is 1. The number of fused-ring (bicyclic) bond motifs is 1. The highest BCUT2D eigenvalue weighted by Gasteiger charge is 2.34. The van der Waals surface area contributed by atoms with Crippen molar-refractivity contribution < 1.29 is 14.3 Å². The summed E-state index contributed by atoms with van der Waals surface area (Å²) >= 11 is 0. The van der Waals surface area contributed by atoms with Crippen LogP contribution in [0.1, 0.15) is 45.6 Å². The highest BCUT2D eigenvalue weighted by Crippen LogP contribution is 2.32. The summed E-state index contributed by atoms with van der Waals surface area (Å²) in [6.45, 7) is 10.6. The van der Waals surface area contributed by atoms with Crippen LogP contribution in [0, 0.1) is 17.8 Å². The van der Waals surface area contributed by atoms with E-state index in [2.05, 4.69) is 42.2 Å². The van der Waals surface area contributed by atoms with Crippen molar-refractivity contribution in [3.8, 4) is 0 Å². The second kappa shape index (κ2) is 10.9. The van der Waals surface area contributed by atoms with Gasteiger partial charge in [-0.2, -0.15) is 0 Å². The Bertz CT molecular complexity index is 912. The summed E-state index contributed by atoms with van der Waals surface area (Å²) in [6.07, 6.45) is 6.15. The van der Waals surface area contributed by atoms with Crippen molar-refractivity contribution in [1.82, 2.24) is 9.80 Å². The second-order valence-electron chi connectivity index (χ2n) is 10.6. The zero-order valence-corrected chi connectivity index (χ0v) is 21.3. The van der Waals surface area contributed by atoms with E-state index in [0.717, 1.165) is 52.0 Å². The standard InChI is InChI=1S/C28H41N3O3/c1-20(2)28(33)29(4)25-12-16-34-19-24(25)17-21(3)22-9-13-30(14-10-22)27(32)18-31-15-11-23-7-5-6-8-26(23)31/h5-9,20-21,24-25H,10-19H2,1-4H3. The van der Waals surface area contributed by atoms with E-state index in [1.54, 1.807) is 0 Å². The number of anilines is 1. The van der Waals surface area contributed by atoms with Gasteiger partial charge in [-0.15, -0.1) is 0 Å². The number of hydrogen-bond donors (Lipinski definition) is 0. The maximum Gasteiger partial charge on any atom is 0.242 e. The Kier molecular flexibility index (Phi) is 7.97. The zero-order chi connectivity index (χ0) is 24.2. The van der Waals surface area contributed by atoms with Gasteiger partial charge in [0.05, 0.1) is 13.2 Å². The monoisotopic (exact) mass is 467 g/mol. The Morgan fingerprint density at radius 3 is 2.68 bits per heavy atom. The average Bonchev–Trinajstić information content (AvgIpc) is 3.26. The fourth-order valence-electron chi connectivity index (χ4n) is 5.89. The van der Waals surface area contributed by atoms with Crippen LogP contribution in [0.15, 0.2) is 35.9 Å². The number of para-hydroxylation sites is 1. The van der Waals surface area contributed by atoms with Crippen molar-refractivity contribution in [2.45, 2.75) is 52.5 Å². The summed E-state index contributed by atoms with van der Waals surface area (Å²) in [5.41, 5.74) is 4.00. The summed E-state index contributed by atoms with van der Waals surface area (Å²) in [4.78, 5) is 31.8. The van der Waals surface area contributed by atoms with Gasteiger partial charge >= 0.3 is 0 Å². The Labute approximate surface area is 204 Å². The molecule has 0 bridgehead atoms. The largest absolute Gasteiger partial charge is 0.381 e. The first-order valence-corrected chi connectivity index (χ1v) is 13.0. The summed E-state index contributed by atoms with van der Waals surface area (Å²) in [6, 6.07) is 8.66. The molecule has 0 saturated carbocycles. The van der Waals surface area contributed by atoms with Crippen LogP contribution in [0.5, 0.6) is 0 Å². The van der Waals surface area contributed by atoms with Crippen LogP contribution >= 0.6 is 0 Å². The van der Waals surface area contributed by atoms with Gasteiger partial charge in [-0.25, -0.2) is 0 Å². The van der Waals surface area contributed by atoms with E-state index in [4.69, 9.17) is 4.74 Å². The molecule has 3 aliphatic rings. The minimum atomic E-state index is 0.0181. The molecule has 3 aliphatic heterocycles. The number of carbonyl (C=O) groups is 2. The molecule has 0 radical (unpaired) electrons. The molecule has 3 heterocycles. The van der Waals surface area contributed by atoms with E-state index in [0.29, 0.717) is 24.9 Å². The molecule has 186 valence electrons. The molecule has 0 spiro atoms. The SMILES string of the molecule is CC(C)C(=O)N(C)C1CCOCC1CC(C)C1=CCN(C(=O)CN2CCc3ccccc32)CC1. The van der Waals surface area contributed by atoms with Crippen LogP contribution in [0.2, 0.25) is 0 Å². The molecule has 6 heteroatoms. The van der Waals surface area contributed by atoms with Gasteiger partial charge in [-0.3, -0.25) is 9.59 Å². The van der Waals surface area contributed by atoms with Gasteiger partial charge in [0.15, 0.2) is 0 Å². The molecule has 3 unspecified atom stereocenters. The van der Waals surface area contributed by atoms with Gasteiger partial charge in [0.1, 0.15) is 0 Å². The lowest BCUT2D eigenvalue weighted by Gasteiger charge is -2.40. The maximum absolute atomic E-state index is 13.0. The lowest BCUT2D eigenvalue weighted by Crippen LogP contribution is -2.48. The summed E-state index contributed by atoms with van der Waals surface area (Å²) in [5, 5.41) is 0. The van der Waals surface area contributed by atoms with E-state index in [-0.39, 0.29) is 23.8 Å². The van der Waals surface area contributed by atoms with Gasteiger partial charge in [0.2, 0.25) is 11.8 Å². The molecule has 1 aromatic carbocycles. The van der Waals surface area contributed by atoms with Gasteiger partial charge in [0.25, 0.3) is 0 Å². The van der Waals surface area contributed by atoms with Crippen molar-refractivity contribution in [3.63, 3.8) is 0 Å². The van der Waals surface area contributed by atoms with E-state index in [9.17, 15) is 9.59 Å². The Balaban J connectivity index is 1.31. The van der Waals surface area contributed by atoms with Crippen LogP contribution in [-0.4, -0.2) is 74.1 Å². The molecule has 34 heavy (non-hydrogen) atoms. The molecular formula is C28H41N3O3. The van der Waals surface area contributed by atoms with Gasteiger partial charge in [-0.1, -0.05) is 50.6 Å². The topological polar surface area (TPSA) is 53.1 Å². The fourth-order valence-corrected chi connectivity index (χ4v) is 5.89. The smallest absolute Gasteiger partial charge is 0.242 e. The summed E-state index contributed by atoms with van der Waals surface area (Å²) in [7, 11) is 1.96. The first-order valence-electron chi connectivity index (χ1n) is 13.0. The van der Waals surface area contributed by atoms with Crippen LogP contribution in [0.4, 0.5) is 5.69 Å². The Morgan fingerprint density at radius 2 is 1.94 bits per heavy atom. The zero-order valence-electron chi connectivity index (χ0n) is 21.3. The average molecular weight is 468 g/mol. The van der Waals surface area contributed by atoms with Crippen molar-refractivity contribution in [1.29, 1.82) is 0 Å². The second-order valence-corrected chi connectivity index (χ2v) is 10.6. The minimum absolute atomic E-state index is 0.0181. The van der Waals surface area contributed by atoms with E-state index >= 15 is 0 Å². The predicted molar refractivity (Wildman–Crippen MR) is 136 cm³/mol. The highest BCUT2D eigenvalue weighted by atomic mass is 16.5. The van der Waals surface area contributed by atoms with Gasteiger partial charge < -0.3 is 19.4 Å². The number of benzene rings is 1. The third-order valence-electron chi connectivity index (χ3n) is 7.97. The predicted octanol–water partition coefficient (Wildman–Crippen LogP) is 3.75. The third kappa shape index (κ3) is 5.48. The fraction of sp³-hybridized carbons (Fsp3) is 0.643. The quantitative estimate of drug-likeness (QED) is 0.573. The molecular weight excluding hydrogens is 426 g/mol. The summed E-state index contributed by atoms with van der Waals surface area (Å²) < 4.78 is 5.81. The molecule has 0 aromatic heterocycles. The number of amides is 2. The van der Waals surface area contributed by atoms with Crippen LogP contribution in [0.3, 0.4) is 0 Å². The lowest BCUT2D eigenvalue weighted by molar-refractivity contribution is -0.139. The minimum Gasteiger partial charge on any atom is -0.381 e. The molecule has 1 fully saturated rings. The molecule has 2 amide bonds. The molecule has 1 aromatic rings. The van der Waals surface area contributed by atoms with Crippen LogP contribution < -0.4 is 4.90 Å². The number of carbonyl (C=O) groups excluding carboxylic acids is 2. The molecule has 1 saturated heterocycles. The summed E-state index contributed by atoms with van der Waals surface area (Å²) in [5.74, 6) is 1.24. The number of rotatable bonds is 7. The van der Waals surface area contributed by atoms with Gasteiger partial charge in [-0.05, 0) is 43.2 Å². The molecule has 6 nitrogen and oxygen atoms in total. The number of nitrogens with zero attached hydrogens (tertiary/aromatic N) is 3. The van der Waals surface area contributed by atoms with Crippen LogP contribution in [-0.2, 0) is 20.7 Å². The maximum atomic E-state index is 13.0. The number of hydrogen-bond acceptors (Lipinski definition) is 4. The van der Waals surface area contributed by atoms with E-state index in [1.807, 2.05) is 30.7 Å². The van der Waals surface area contributed by atoms with Gasteiger partial charge in [0, 0.05) is 56.9 Å².